The molecule has 0 saturated heterocycles. The van der Waals surface area contributed by atoms with Gasteiger partial charge in [-0.25, -0.2) is 28.8 Å². The van der Waals surface area contributed by atoms with Gasteiger partial charge in [-0.3, -0.25) is 0 Å². The van der Waals surface area contributed by atoms with Crippen LogP contribution in [-0.4, -0.2) is 66.5 Å². The fourth-order valence-electron chi connectivity index (χ4n) is 3.47. The van der Waals surface area contributed by atoms with Gasteiger partial charge in [-0.1, -0.05) is 6.92 Å². The molecule has 2 rings (SSSR count). The number of carboxylic acid groups (broad SMARTS) is 6. The molecule has 0 aliphatic heterocycles. The Morgan fingerprint density at radius 3 is 0.969 bits per heavy atom. The minimum Gasteiger partial charge on any atom is -0.478 e. The number of carbonyl (C=O) groups is 6. The molecule has 0 saturated carbocycles. The van der Waals surface area contributed by atoms with E-state index >= 15 is 0 Å². The third kappa shape index (κ3) is 3.96. The zero-order valence-corrected chi connectivity index (χ0v) is 16.0. The van der Waals surface area contributed by atoms with E-state index in [1.807, 2.05) is 0 Å². The molecule has 0 heterocycles. The van der Waals surface area contributed by atoms with Crippen LogP contribution in [0.15, 0.2) is 24.3 Å². The van der Waals surface area contributed by atoms with Crippen molar-refractivity contribution in [1.29, 1.82) is 0 Å². The smallest absolute Gasteiger partial charge is 0.336 e. The molecule has 0 aromatic heterocycles. The van der Waals surface area contributed by atoms with E-state index in [4.69, 9.17) is 0 Å². The summed E-state index contributed by atoms with van der Waals surface area (Å²) in [4.78, 5) is 70.4. The predicted molar refractivity (Wildman–Crippen MR) is 102 cm³/mol. The van der Waals surface area contributed by atoms with Crippen LogP contribution in [0.3, 0.4) is 0 Å². The van der Waals surface area contributed by atoms with Crippen molar-refractivity contribution in [3.05, 3.63) is 68.8 Å². The van der Waals surface area contributed by atoms with Crippen molar-refractivity contribution in [2.24, 2.45) is 0 Å². The van der Waals surface area contributed by atoms with Gasteiger partial charge >= 0.3 is 35.8 Å². The summed E-state index contributed by atoms with van der Waals surface area (Å²) in [7, 11) is 0. The number of carboxylic acids is 6. The average molecular weight is 446 g/mol. The van der Waals surface area contributed by atoms with Crippen LogP contribution in [0.2, 0.25) is 0 Å². The largest absolute Gasteiger partial charge is 0.478 e. The van der Waals surface area contributed by atoms with Crippen molar-refractivity contribution in [3.8, 4) is 0 Å². The zero-order valence-electron chi connectivity index (χ0n) is 16.0. The summed E-state index contributed by atoms with van der Waals surface area (Å²) in [5.41, 5.74) is -6.51. The first-order valence-electron chi connectivity index (χ1n) is 8.54. The lowest BCUT2D eigenvalue weighted by Gasteiger charge is -2.23. The summed E-state index contributed by atoms with van der Waals surface area (Å²) in [5.74, 6) is -12.3. The first kappa shape index (κ1) is 23.5. The highest BCUT2D eigenvalue weighted by atomic mass is 16.4. The molecule has 0 fully saturated rings. The minimum atomic E-state index is -1.87. The Balaban J connectivity index is 3.14. The van der Waals surface area contributed by atoms with Gasteiger partial charge in [-0.15, -0.1) is 0 Å². The lowest BCUT2D eigenvalue weighted by molar-refractivity contribution is 0.0645. The molecular formula is C20H14O12. The SMILES string of the molecule is CC(c1c(C(=O)O)ccc(C(=O)O)c1C(=O)O)c1c(C(=O)O)ccc(C(=O)O)c1C(=O)O. The Bertz CT molecular complexity index is 1110. The molecule has 0 amide bonds. The highest BCUT2D eigenvalue weighted by Crippen LogP contribution is 2.37. The number of hydrogen-bond donors (Lipinski definition) is 6. The van der Waals surface area contributed by atoms with Gasteiger partial charge in [-0.2, -0.15) is 0 Å². The first-order valence-corrected chi connectivity index (χ1v) is 8.54. The quantitative estimate of drug-likeness (QED) is 0.342. The van der Waals surface area contributed by atoms with Gasteiger partial charge < -0.3 is 30.6 Å². The van der Waals surface area contributed by atoms with E-state index in [1.165, 1.54) is 0 Å². The molecule has 0 spiro atoms. The maximum Gasteiger partial charge on any atom is 0.336 e. The van der Waals surface area contributed by atoms with Gasteiger partial charge in [0, 0.05) is 5.92 Å². The molecule has 0 aliphatic carbocycles. The summed E-state index contributed by atoms with van der Waals surface area (Å²) in [6.07, 6.45) is 0. The maximum atomic E-state index is 11.9. The molecule has 0 atom stereocenters. The third-order valence-corrected chi connectivity index (χ3v) is 4.71. The van der Waals surface area contributed by atoms with E-state index in [-0.39, 0.29) is 0 Å². The molecule has 166 valence electrons. The number of benzene rings is 2. The summed E-state index contributed by atoms with van der Waals surface area (Å²) >= 11 is 0. The van der Waals surface area contributed by atoms with Crippen LogP contribution in [0.1, 0.15) is 86.1 Å². The van der Waals surface area contributed by atoms with Gasteiger partial charge in [0.15, 0.2) is 0 Å². The van der Waals surface area contributed by atoms with Crippen LogP contribution in [0.4, 0.5) is 0 Å². The van der Waals surface area contributed by atoms with Crippen LogP contribution in [0.25, 0.3) is 0 Å². The molecule has 2 aromatic carbocycles. The molecule has 0 radical (unpaired) electrons. The van der Waals surface area contributed by atoms with Gasteiger partial charge in [0.25, 0.3) is 0 Å². The Hall–Kier alpha value is -4.74. The van der Waals surface area contributed by atoms with Crippen LogP contribution in [0.5, 0.6) is 0 Å². The Kier molecular flexibility index (Phi) is 6.29. The molecular weight excluding hydrogens is 432 g/mol. The Morgan fingerprint density at radius 1 is 0.500 bits per heavy atom. The topological polar surface area (TPSA) is 224 Å². The fraction of sp³-hybridized carbons (Fsp3) is 0.100. The summed E-state index contributed by atoms with van der Waals surface area (Å²) < 4.78 is 0. The molecule has 0 aliphatic rings. The van der Waals surface area contributed by atoms with Crippen molar-refractivity contribution in [3.63, 3.8) is 0 Å². The van der Waals surface area contributed by atoms with Crippen molar-refractivity contribution < 1.29 is 59.4 Å². The predicted octanol–water partition coefficient (Wildman–Crippen LogP) is 2.03. The van der Waals surface area contributed by atoms with E-state index in [2.05, 4.69) is 0 Å². The summed E-state index contributed by atoms with van der Waals surface area (Å²) in [5, 5.41) is 57.0. The second-order valence-electron chi connectivity index (χ2n) is 6.45. The van der Waals surface area contributed by atoms with Gasteiger partial charge in [-0.05, 0) is 35.4 Å². The van der Waals surface area contributed by atoms with Crippen molar-refractivity contribution in [2.75, 3.05) is 0 Å². The molecule has 2 aromatic rings. The van der Waals surface area contributed by atoms with E-state index in [1.54, 1.807) is 0 Å². The lowest BCUT2D eigenvalue weighted by Crippen LogP contribution is -2.22. The highest BCUT2D eigenvalue weighted by molar-refractivity contribution is 6.08. The van der Waals surface area contributed by atoms with Crippen molar-refractivity contribution >= 4 is 35.8 Å². The van der Waals surface area contributed by atoms with Crippen LogP contribution >= 0.6 is 0 Å². The fourth-order valence-corrected chi connectivity index (χ4v) is 3.47. The maximum absolute atomic E-state index is 11.9. The Labute approximate surface area is 177 Å². The molecule has 6 N–H and O–H groups in total. The molecule has 12 heteroatoms. The standard InChI is InChI=1S/C20H14O12/c1-6(11-7(15(21)22)2-4-9(17(25)26)13(11)19(29)30)12-8(16(23)24)3-5-10(18(27)28)14(12)20(31)32/h2-6H,1H3,(H,21,22)(H,23,24)(H,25,26)(H,27,28)(H,29,30)(H,31,32). The number of hydrogen-bond acceptors (Lipinski definition) is 6. The third-order valence-electron chi connectivity index (χ3n) is 4.71. The summed E-state index contributed by atoms with van der Waals surface area (Å²) in [6, 6.07) is 3.03. The minimum absolute atomic E-state index is 0.697. The number of aromatic carboxylic acids is 6. The second kappa shape index (κ2) is 8.55. The van der Waals surface area contributed by atoms with Crippen LogP contribution in [0, 0.1) is 0 Å². The average Bonchev–Trinajstić information content (AvgIpc) is 2.70. The number of rotatable bonds is 8. The van der Waals surface area contributed by atoms with Gasteiger partial charge in [0.05, 0.1) is 33.4 Å². The van der Waals surface area contributed by atoms with E-state index in [9.17, 15) is 59.4 Å². The van der Waals surface area contributed by atoms with E-state index in [0.29, 0.717) is 0 Å². The monoisotopic (exact) mass is 446 g/mol. The van der Waals surface area contributed by atoms with Gasteiger partial charge in [0.1, 0.15) is 0 Å². The summed E-state index contributed by atoms with van der Waals surface area (Å²) in [6.45, 7) is 1.06. The highest BCUT2D eigenvalue weighted by Gasteiger charge is 2.34. The van der Waals surface area contributed by atoms with Crippen LogP contribution < -0.4 is 0 Å². The van der Waals surface area contributed by atoms with E-state index in [0.717, 1.165) is 31.2 Å². The van der Waals surface area contributed by atoms with Crippen molar-refractivity contribution in [1.82, 2.24) is 0 Å². The van der Waals surface area contributed by atoms with Gasteiger partial charge in [0.2, 0.25) is 0 Å². The second-order valence-corrected chi connectivity index (χ2v) is 6.45. The Morgan fingerprint density at radius 2 is 0.750 bits per heavy atom. The normalized spacial score (nSPS) is 10.6. The van der Waals surface area contributed by atoms with E-state index < -0.39 is 86.2 Å². The van der Waals surface area contributed by atoms with Crippen molar-refractivity contribution in [2.45, 2.75) is 12.8 Å². The molecule has 0 bridgehead atoms. The molecule has 0 unspecified atom stereocenters. The zero-order chi connectivity index (χ0) is 24.5. The van der Waals surface area contributed by atoms with Crippen LogP contribution in [-0.2, 0) is 0 Å². The molecule has 32 heavy (non-hydrogen) atoms. The first-order chi connectivity index (χ1) is 14.8. The molecule has 12 nitrogen and oxygen atoms in total. The lowest BCUT2D eigenvalue weighted by atomic mass is 9.79.